The number of phenols is 1. The van der Waals surface area contributed by atoms with Gasteiger partial charge in [0.2, 0.25) is 5.13 Å². The van der Waals surface area contributed by atoms with E-state index >= 15 is 0 Å². The van der Waals surface area contributed by atoms with E-state index in [0.717, 1.165) is 0 Å². The van der Waals surface area contributed by atoms with Crippen molar-refractivity contribution in [2.45, 2.75) is 0 Å². The number of anilines is 2. The standard InChI is InChI=1S/C11H9N5OS/c12-4-7-2-1-3-8(10(7)17)5-14-16-11-15-9(13)6-18-11/h1-3,5-6,17H,13H2,(H,15,16). The van der Waals surface area contributed by atoms with Crippen molar-refractivity contribution in [1.82, 2.24) is 4.98 Å². The molecule has 1 aromatic heterocycles. The molecule has 0 radical (unpaired) electrons. The molecule has 0 aliphatic heterocycles. The maximum Gasteiger partial charge on any atom is 0.205 e. The van der Waals surface area contributed by atoms with Crippen molar-refractivity contribution >= 4 is 28.5 Å². The van der Waals surface area contributed by atoms with Crippen LogP contribution in [0.1, 0.15) is 11.1 Å². The van der Waals surface area contributed by atoms with Crippen molar-refractivity contribution < 1.29 is 5.11 Å². The van der Waals surface area contributed by atoms with Gasteiger partial charge in [-0.3, -0.25) is 5.43 Å². The van der Waals surface area contributed by atoms with E-state index < -0.39 is 0 Å². The van der Waals surface area contributed by atoms with Crippen LogP contribution in [0.3, 0.4) is 0 Å². The van der Waals surface area contributed by atoms with Crippen LogP contribution in [-0.4, -0.2) is 16.3 Å². The molecule has 0 fully saturated rings. The highest BCUT2D eigenvalue weighted by atomic mass is 32.1. The number of thiazole rings is 1. The fraction of sp³-hybridized carbons (Fsp3) is 0. The lowest BCUT2D eigenvalue weighted by molar-refractivity contribution is 0.472. The fourth-order valence-corrected chi connectivity index (χ4v) is 1.80. The zero-order valence-corrected chi connectivity index (χ0v) is 9.98. The minimum Gasteiger partial charge on any atom is -0.506 e. The highest BCUT2D eigenvalue weighted by Crippen LogP contribution is 2.20. The third-order valence-corrected chi connectivity index (χ3v) is 2.84. The Balaban J connectivity index is 2.12. The molecule has 2 rings (SSSR count). The molecule has 2 aromatic rings. The van der Waals surface area contributed by atoms with Crippen molar-refractivity contribution in [1.29, 1.82) is 5.26 Å². The lowest BCUT2D eigenvalue weighted by Gasteiger charge is -1.99. The molecule has 0 spiro atoms. The van der Waals surface area contributed by atoms with Crippen LogP contribution in [0.2, 0.25) is 0 Å². The zero-order chi connectivity index (χ0) is 13.0. The molecule has 6 nitrogen and oxygen atoms in total. The van der Waals surface area contributed by atoms with Gasteiger partial charge >= 0.3 is 0 Å². The van der Waals surface area contributed by atoms with Gasteiger partial charge in [-0.2, -0.15) is 10.4 Å². The summed E-state index contributed by atoms with van der Waals surface area (Å²) in [5.41, 5.74) is 8.79. The van der Waals surface area contributed by atoms with Crippen LogP contribution in [0.25, 0.3) is 0 Å². The van der Waals surface area contributed by atoms with E-state index in [2.05, 4.69) is 15.5 Å². The largest absolute Gasteiger partial charge is 0.506 e. The maximum absolute atomic E-state index is 9.72. The van der Waals surface area contributed by atoms with Crippen LogP contribution in [0.4, 0.5) is 10.9 Å². The maximum atomic E-state index is 9.72. The average Bonchev–Trinajstić information content (AvgIpc) is 2.77. The molecule has 1 heterocycles. The average molecular weight is 259 g/mol. The van der Waals surface area contributed by atoms with Gasteiger partial charge in [0.25, 0.3) is 0 Å². The van der Waals surface area contributed by atoms with Crippen LogP contribution in [-0.2, 0) is 0 Å². The molecule has 0 saturated carbocycles. The lowest BCUT2D eigenvalue weighted by atomic mass is 10.1. The van der Waals surface area contributed by atoms with E-state index in [0.29, 0.717) is 16.5 Å². The molecular formula is C11H9N5OS. The summed E-state index contributed by atoms with van der Waals surface area (Å²) in [6, 6.07) is 6.74. The molecule has 90 valence electrons. The predicted octanol–water partition coefficient (Wildman–Crippen LogP) is 1.75. The number of nitrogens with zero attached hydrogens (tertiary/aromatic N) is 3. The highest BCUT2D eigenvalue weighted by Gasteiger charge is 2.03. The summed E-state index contributed by atoms with van der Waals surface area (Å²) in [6.45, 7) is 0. The van der Waals surface area contributed by atoms with Gasteiger partial charge in [0.05, 0.1) is 11.8 Å². The van der Waals surface area contributed by atoms with Crippen LogP contribution >= 0.6 is 11.3 Å². The number of nitrogens with one attached hydrogen (secondary N) is 1. The summed E-state index contributed by atoms with van der Waals surface area (Å²) in [5, 5.41) is 24.6. The number of hydrazone groups is 1. The number of para-hydroxylation sites is 1. The van der Waals surface area contributed by atoms with Gasteiger partial charge in [0, 0.05) is 10.9 Å². The van der Waals surface area contributed by atoms with Crippen molar-refractivity contribution in [3.63, 3.8) is 0 Å². The fourth-order valence-electron chi connectivity index (χ4n) is 1.25. The smallest absolute Gasteiger partial charge is 0.205 e. The van der Waals surface area contributed by atoms with Gasteiger partial charge in [-0.05, 0) is 12.1 Å². The van der Waals surface area contributed by atoms with Gasteiger partial charge in [-0.15, -0.1) is 11.3 Å². The van der Waals surface area contributed by atoms with E-state index in [9.17, 15) is 5.11 Å². The molecule has 7 heteroatoms. The van der Waals surface area contributed by atoms with Gasteiger partial charge in [0.1, 0.15) is 17.6 Å². The number of aromatic nitrogens is 1. The number of nitriles is 1. The third-order valence-electron chi connectivity index (χ3n) is 2.07. The van der Waals surface area contributed by atoms with Crippen LogP contribution in [0, 0.1) is 11.3 Å². The van der Waals surface area contributed by atoms with E-state index in [4.69, 9.17) is 11.0 Å². The number of phenolic OH excluding ortho intramolecular Hbond substituents is 1. The van der Waals surface area contributed by atoms with Crippen LogP contribution in [0.15, 0.2) is 28.7 Å². The number of aromatic hydroxyl groups is 1. The second kappa shape index (κ2) is 5.16. The van der Waals surface area contributed by atoms with E-state index in [-0.39, 0.29) is 11.3 Å². The lowest BCUT2D eigenvalue weighted by Crippen LogP contribution is -1.92. The second-order valence-electron chi connectivity index (χ2n) is 3.30. The quantitative estimate of drug-likeness (QED) is 0.575. The minimum absolute atomic E-state index is 0.0933. The molecule has 4 N–H and O–H groups in total. The molecule has 0 aliphatic carbocycles. The second-order valence-corrected chi connectivity index (χ2v) is 4.16. The van der Waals surface area contributed by atoms with Gasteiger partial charge in [-0.25, -0.2) is 4.98 Å². The highest BCUT2D eigenvalue weighted by molar-refractivity contribution is 7.14. The van der Waals surface area contributed by atoms with Crippen molar-refractivity contribution in [2.24, 2.45) is 5.10 Å². The molecule has 18 heavy (non-hydrogen) atoms. The first-order chi connectivity index (χ1) is 8.70. The number of hydrogen-bond donors (Lipinski definition) is 3. The number of benzene rings is 1. The van der Waals surface area contributed by atoms with Crippen molar-refractivity contribution in [3.05, 3.63) is 34.7 Å². The Morgan fingerprint density at radius 1 is 1.56 bits per heavy atom. The number of rotatable bonds is 3. The molecule has 1 aromatic carbocycles. The molecule has 0 saturated heterocycles. The molecular weight excluding hydrogens is 250 g/mol. The zero-order valence-electron chi connectivity index (χ0n) is 9.16. The van der Waals surface area contributed by atoms with E-state index in [1.807, 2.05) is 6.07 Å². The topological polar surface area (TPSA) is 107 Å². The Labute approximate surface area is 107 Å². The van der Waals surface area contributed by atoms with Gasteiger partial charge in [-0.1, -0.05) is 6.07 Å². The molecule has 0 unspecified atom stereocenters. The van der Waals surface area contributed by atoms with Crippen LogP contribution < -0.4 is 11.2 Å². The van der Waals surface area contributed by atoms with E-state index in [1.54, 1.807) is 17.5 Å². The first kappa shape index (κ1) is 11.9. The Morgan fingerprint density at radius 2 is 2.39 bits per heavy atom. The van der Waals surface area contributed by atoms with Crippen molar-refractivity contribution in [3.8, 4) is 11.8 Å². The van der Waals surface area contributed by atoms with E-state index in [1.165, 1.54) is 23.6 Å². The Morgan fingerprint density at radius 3 is 3.06 bits per heavy atom. The molecule has 0 bridgehead atoms. The summed E-state index contributed by atoms with van der Waals surface area (Å²) in [6.07, 6.45) is 1.41. The van der Waals surface area contributed by atoms with Gasteiger partial charge in [0.15, 0.2) is 0 Å². The summed E-state index contributed by atoms with van der Waals surface area (Å²) >= 11 is 1.32. The van der Waals surface area contributed by atoms with Gasteiger partial charge < -0.3 is 10.8 Å². The Kier molecular flexibility index (Phi) is 3.41. The molecule has 0 atom stereocenters. The van der Waals surface area contributed by atoms with Crippen molar-refractivity contribution in [2.75, 3.05) is 11.2 Å². The monoisotopic (exact) mass is 259 g/mol. The molecule has 0 amide bonds. The SMILES string of the molecule is N#Cc1cccc(C=NNc2nc(N)cs2)c1O. The first-order valence-electron chi connectivity index (χ1n) is 4.93. The number of hydrogen-bond acceptors (Lipinski definition) is 7. The first-order valence-corrected chi connectivity index (χ1v) is 5.81. The Bertz CT molecular complexity index is 629. The summed E-state index contributed by atoms with van der Waals surface area (Å²) in [7, 11) is 0. The Hall–Kier alpha value is -2.59. The van der Waals surface area contributed by atoms with Crippen LogP contribution in [0.5, 0.6) is 5.75 Å². The normalized spacial score (nSPS) is 10.4. The molecule has 0 aliphatic rings. The predicted molar refractivity (Wildman–Crippen MR) is 70.6 cm³/mol. The minimum atomic E-state index is -0.0933. The summed E-state index contributed by atoms with van der Waals surface area (Å²) < 4.78 is 0. The summed E-state index contributed by atoms with van der Waals surface area (Å²) in [4.78, 5) is 3.95. The number of nitrogens with two attached hydrogens (primary N) is 1. The number of nitrogen functional groups attached to an aromatic ring is 1. The third kappa shape index (κ3) is 2.56. The summed E-state index contributed by atoms with van der Waals surface area (Å²) in [5.74, 6) is 0.330.